The van der Waals surface area contributed by atoms with Crippen LogP contribution in [0, 0.1) is 0 Å². The van der Waals surface area contributed by atoms with Gasteiger partial charge in [0.25, 0.3) is 0 Å². The molecule has 172 valence electrons. The molecule has 0 aromatic heterocycles. The van der Waals surface area contributed by atoms with E-state index in [4.69, 9.17) is 14.2 Å². The van der Waals surface area contributed by atoms with Crippen molar-refractivity contribution in [3.05, 3.63) is 71.8 Å². The van der Waals surface area contributed by atoms with E-state index in [0.717, 1.165) is 18.4 Å². The van der Waals surface area contributed by atoms with E-state index in [1.165, 1.54) is 56.1 Å². The zero-order valence-electron chi connectivity index (χ0n) is 18.9. The van der Waals surface area contributed by atoms with Crippen molar-refractivity contribution in [3.63, 3.8) is 0 Å². The lowest BCUT2D eigenvalue weighted by Gasteiger charge is -2.18. The first-order valence-electron chi connectivity index (χ1n) is 11.8. The van der Waals surface area contributed by atoms with Crippen LogP contribution in [-0.4, -0.2) is 31.3 Å². The third kappa shape index (κ3) is 13.7. The molecule has 0 saturated heterocycles. The number of unbranched alkanes of at least 4 members (excludes halogenated alkanes) is 7. The molecule has 31 heavy (non-hydrogen) atoms. The molecule has 0 unspecified atom stereocenters. The average molecular weight is 492 g/mol. The summed E-state index contributed by atoms with van der Waals surface area (Å²) in [5.74, 6) is 0. The summed E-state index contributed by atoms with van der Waals surface area (Å²) in [7, 11) is 0. The summed E-state index contributed by atoms with van der Waals surface area (Å²) in [6, 6.07) is 20.5. The van der Waals surface area contributed by atoms with Gasteiger partial charge in [0.2, 0.25) is 0 Å². The quantitative estimate of drug-likeness (QED) is 0.152. The second-order valence-corrected chi connectivity index (χ2v) is 8.80. The van der Waals surface area contributed by atoms with Crippen molar-refractivity contribution in [3.8, 4) is 0 Å². The van der Waals surface area contributed by atoms with Gasteiger partial charge in [-0.05, 0) is 24.0 Å². The number of rotatable bonds is 19. The maximum absolute atomic E-state index is 6.12. The van der Waals surface area contributed by atoms with Gasteiger partial charge in [-0.3, -0.25) is 0 Å². The number of hydrogen-bond donors (Lipinski definition) is 0. The Kier molecular flexibility index (Phi) is 15.4. The Hall–Kier alpha value is -1.20. The minimum absolute atomic E-state index is 0.0309. The fourth-order valence-electron chi connectivity index (χ4n) is 3.42. The summed E-state index contributed by atoms with van der Waals surface area (Å²) in [6.45, 7) is 3.09. The van der Waals surface area contributed by atoms with Gasteiger partial charge in [-0.15, -0.1) is 0 Å². The highest BCUT2D eigenvalue weighted by Gasteiger charge is 2.10. The van der Waals surface area contributed by atoms with Crippen LogP contribution in [-0.2, 0) is 27.4 Å². The topological polar surface area (TPSA) is 27.7 Å². The first kappa shape index (κ1) is 26.1. The maximum atomic E-state index is 6.12. The van der Waals surface area contributed by atoms with Crippen molar-refractivity contribution in [2.45, 2.75) is 70.7 Å². The van der Waals surface area contributed by atoms with Gasteiger partial charge in [0.05, 0.1) is 26.4 Å². The second kappa shape index (κ2) is 18.4. The number of halogens is 1. The molecular formula is C27H39BrO3. The Bertz CT molecular complexity index is 590. The molecule has 3 nitrogen and oxygen atoms in total. The zero-order valence-corrected chi connectivity index (χ0v) is 20.4. The van der Waals surface area contributed by atoms with Gasteiger partial charge < -0.3 is 14.2 Å². The molecule has 0 saturated carbocycles. The molecule has 2 aromatic carbocycles. The van der Waals surface area contributed by atoms with Gasteiger partial charge in [0.15, 0.2) is 0 Å². The molecule has 0 bridgehead atoms. The molecule has 2 aromatic rings. The smallest absolute Gasteiger partial charge is 0.104 e. The van der Waals surface area contributed by atoms with Crippen LogP contribution in [0.3, 0.4) is 0 Å². The van der Waals surface area contributed by atoms with Gasteiger partial charge in [0.1, 0.15) is 6.10 Å². The van der Waals surface area contributed by atoms with Crippen LogP contribution < -0.4 is 0 Å². The van der Waals surface area contributed by atoms with E-state index < -0.39 is 0 Å². The summed E-state index contributed by atoms with van der Waals surface area (Å²) >= 11 is 3.50. The molecule has 0 aliphatic carbocycles. The van der Waals surface area contributed by atoms with E-state index >= 15 is 0 Å². The molecular weight excluding hydrogens is 452 g/mol. The molecule has 0 fully saturated rings. The van der Waals surface area contributed by atoms with Crippen molar-refractivity contribution in [2.75, 3.05) is 25.2 Å². The van der Waals surface area contributed by atoms with Crippen LogP contribution in [0.25, 0.3) is 0 Å². The maximum Gasteiger partial charge on any atom is 0.104 e. The van der Waals surface area contributed by atoms with Gasteiger partial charge >= 0.3 is 0 Å². The van der Waals surface area contributed by atoms with Crippen LogP contribution in [0.4, 0.5) is 0 Å². The van der Waals surface area contributed by atoms with Crippen LogP contribution in [0.15, 0.2) is 60.7 Å². The van der Waals surface area contributed by atoms with Crippen LogP contribution >= 0.6 is 15.9 Å². The summed E-state index contributed by atoms with van der Waals surface area (Å²) in [4.78, 5) is 0. The Balaban J connectivity index is 1.61. The van der Waals surface area contributed by atoms with Gasteiger partial charge in [0, 0.05) is 11.9 Å². The SMILES string of the molecule is BrCCCCCCCCCCOC(COCc1ccccc1)COCc1ccccc1. The predicted octanol–water partition coefficient (Wildman–Crippen LogP) is 7.32. The van der Waals surface area contributed by atoms with Crippen LogP contribution in [0.2, 0.25) is 0 Å². The number of ether oxygens (including phenoxy) is 3. The number of benzene rings is 2. The first-order chi connectivity index (χ1) is 15.4. The third-order valence-electron chi connectivity index (χ3n) is 5.21. The predicted molar refractivity (Wildman–Crippen MR) is 133 cm³/mol. The molecule has 4 heteroatoms. The van der Waals surface area contributed by atoms with Crippen molar-refractivity contribution in [1.29, 1.82) is 0 Å². The summed E-state index contributed by atoms with van der Waals surface area (Å²) in [6.07, 6.45) is 10.3. The van der Waals surface area contributed by atoms with Gasteiger partial charge in [-0.2, -0.15) is 0 Å². The fourth-order valence-corrected chi connectivity index (χ4v) is 3.81. The van der Waals surface area contributed by atoms with Crippen LogP contribution in [0.5, 0.6) is 0 Å². The Morgan fingerprint density at radius 1 is 0.581 bits per heavy atom. The molecule has 0 radical (unpaired) electrons. The monoisotopic (exact) mass is 490 g/mol. The molecule has 0 heterocycles. The number of hydrogen-bond acceptors (Lipinski definition) is 3. The highest BCUT2D eigenvalue weighted by Crippen LogP contribution is 2.10. The van der Waals surface area contributed by atoms with E-state index in [-0.39, 0.29) is 6.10 Å². The summed E-state index contributed by atoms with van der Waals surface area (Å²) in [5, 5.41) is 1.13. The van der Waals surface area contributed by atoms with Crippen molar-refractivity contribution < 1.29 is 14.2 Å². The van der Waals surface area contributed by atoms with E-state index in [1.54, 1.807) is 0 Å². The van der Waals surface area contributed by atoms with Gasteiger partial charge in [-0.25, -0.2) is 0 Å². The second-order valence-electron chi connectivity index (χ2n) is 8.01. The molecule has 0 aliphatic rings. The molecule has 0 spiro atoms. The van der Waals surface area contributed by atoms with E-state index in [2.05, 4.69) is 40.2 Å². The third-order valence-corrected chi connectivity index (χ3v) is 5.77. The Morgan fingerprint density at radius 2 is 1.03 bits per heavy atom. The summed E-state index contributed by atoms with van der Waals surface area (Å²) < 4.78 is 18.0. The average Bonchev–Trinajstić information content (AvgIpc) is 2.81. The lowest BCUT2D eigenvalue weighted by Crippen LogP contribution is -2.26. The largest absolute Gasteiger partial charge is 0.374 e. The van der Waals surface area contributed by atoms with E-state index in [9.17, 15) is 0 Å². The normalized spacial score (nSPS) is 11.3. The lowest BCUT2D eigenvalue weighted by molar-refractivity contribution is -0.0673. The van der Waals surface area contributed by atoms with E-state index in [0.29, 0.717) is 26.4 Å². The zero-order chi connectivity index (χ0) is 21.8. The van der Waals surface area contributed by atoms with Gasteiger partial charge in [-0.1, -0.05) is 115 Å². The highest BCUT2D eigenvalue weighted by molar-refractivity contribution is 9.09. The Labute approximate surface area is 197 Å². The number of alkyl halides is 1. The standard InChI is InChI=1S/C27H39BrO3/c28-19-13-5-3-1-2-4-6-14-20-31-27(23-29-21-25-15-9-7-10-16-25)24-30-22-26-17-11-8-12-18-26/h7-12,15-18,27H,1-6,13-14,19-24H2. The molecule has 0 amide bonds. The fraction of sp³-hybridized carbons (Fsp3) is 0.556. The Morgan fingerprint density at radius 3 is 1.52 bits per heavy atom. The molecule has 0 atom stereocenters. The molecule has 0 aliphatic heterocycles. The van der Waals surface area contributed by atoms with Crippen molar-refractivity contribution in [1.82, 2.24) is 0 Å². The van der Waals surface area contributed by atoms with Crippen molar-refractivity contribution in [2.24, 2.45) is 0 Å². The van der Waals surface area contributed by atoms with Crippen LogP contribution in [0.1, 0.15) is 62.5 Å². The first-order valence-corrected chi connectivity index (χ1v) is 12.9. The molecule has 0 N–H and O–H groups in total. The highest BCUT2D eigenvalue weighted by atomic mass is 79.9. The molecule has 2 rings (SSSR count). The lowest BCUT2D eigenvalue weighted by atomic mass is 10.1. The van der Waals surface area contributed by atoms with E-state index in [1.807, 2.05) is 36.4 Å². The minimum Gasteiger partial charge on any atom is -0.374 e. The summed E-state index contributed by atoms with van der Waals surface area (Å²) in [5.41, 5.74) is 2.37. The minimum atomic E-state index is -0.0309. The van der Waals surface area contributed by atoms with Crippen molar-refractivity contribution >= 4 is 15.9 Å².